The first-order chi connectivity index (χ1) is 6.00. The average Bonchev–Trinajstić information content (AvgIpc) is 1.41. The zero-order chi connectivity index (χ0) is 13.5. The molecule has 0 bridgehead atoms. The fourth-order valence-corrected chi connectivity index (χ4v) is 0. The maximum Gasteiger partial charge on any atom is 2.00 e. The van der Waals surface area contributed by atoms with E-state index in [-0.39, 0.29) is 63.8 Å². The van der Waals surface area contributed by atoms with Crippen LogP contribution in [0.15, 0.2) is 0 Å². The second-order valence-corrected chi connectivity index (χ2v) is 5.05. The van der Waals surface area contributed by atoms with Crippen molar-refractivity contribution in [3.63, 3.8) is 0 Å². The maximum atomic E-state index is 8.59. The molecule has 0 aliphatic heterocycles. The molecule has 0 aromatic rings. The first-order valence-electron chi connectivity index (χ1n) is 2.00. The molecule has 0 aliphatic carbocycles. The van der Waals surface area contributed by atoms with Crippen molar-refractivity contribution in [1.82, 2.24) is 0 Å². The van der Waals surface area contributed by atoms with Gasteiger partial charge in [-0.2, -0.15) is 0 Å². The molecule has 1 radical (unpaired) electrons. The number of hydrogen-bond donors (Lipinski definition) is 0. The minimum atomic E-state index is -5.75. The Morgan fingerprint density at radius 3 is 0.500 bits per heavy atom. The monoisotopic (exact) mass is 589 g/mol. The van der Waals surface area contributed by atoms with Crippen LogP contribution in [0, 0.1) is 0 Å². The molecule has 0 spiro atoms. The molecule has 0 atom stereocenters. The standard InChI is InChI=1S/Cd.3Cr.Cu.12O.Zn/q+2;;;;+2;;;;;;;6*-1;+2. The second-order valence-electron chi connectivity index (χ2n) is 1.22. The van der Waals surface area contributed by atoms with E-state index in [1.54, 1.807) is 0 Å². The fraction of sp³-hybridized carbons (Fsp3) is 0. The molecule has 18 heteroatoms. The van der Waals surface area contributed by atoms with Gasteiger partial charge < -0.3 is 0 Å². The van der Waals surface area contributed by atoms with E-state index in [0.29, 0.717) is 0 Å². The van der Waals surface area contributed by atoms with Gasteiger partial charge >= 0.3 is 152 Å². The summed E-state index contributed by atoms with van der Waals surface area (Å²) < 4.78 is 103. The van der Waals surface area contributed by atoms with Crippen LogP contribution in [0.25, 0.3) is 0 Å². The van der Waals surface area contributed by atoms with Crippen molar-refractivity contribution in [2.24, 2.45) is 0 Å². The van der Waals surface area contributed by atoms with Gasteiger partial charge in [-0.25, -0.2) is 0 Å². The molecule has 0 aliphatic rings. The normalized spacial score (nSPS) is 9.67. The third-order valence-electron chi connectivity index (χ3n) is 0. The molecule has 0 saturated carbocycles. The number of hydrogen-bond acceptors (Lipinski definition) is 12. The van der Waals surface area contributed by atoms with Crippen LogP contribution in [-0.4, -0.2) is 0 Å². The van der Waals surface area contributed by atoms with Gasteiger partial charge in [0.15, 0.2) is 0 Å². The van der Waals surface area contributed by atoms with Crippen molar-refractivity contribution in [1.29, 1.82) is 0 Å². The van der Waals surface area contributed by atoms with E-state index in [1.807, 2.05) is 0 Å². The summed E-state index contributed by atoms with van der Waals surface area (Å²) in [5, 5.41) is 0. The molecule has 18 heavy (non-hydrogen) atoms. The topological polar surface area (TPSA) is 241 Å². The third-order valence-corrected chi connectivity index (χ3v) is 0. The van der Waals surface area contributed by atoms with Crippen LogP contribution in [0.2, 0.25) is 0 Å². The van der Waals surface area contributed by atoms with Crippen LogP contribution < -0.4 is 24.9 Å². The van der Waals surface area contributed by atoms with Crippen LogP contribution in [-0.2, 0) is 128 Å². The van der Waals surface area contributed by atoms with E-state index >= 15 is 0 Å². The van der Waals surface area contributed by atoms with E-state index in [2.05, 4.69) is 0 Å². The van der Waals surface area contributed by atoms with Crippen LogP contribution in [0.5, 0.6) is 0 Å². The van der Waals surface area contributed by atoms with Crippen molar-refractivity contribution in [3.05, 3.63) is 0 Å². The Morgan fingerprint density at radius 2 is 0.500 bits per heavy atom. The predicted molar refractivity (Wildman–Crippen MR) is 4.12 cm³/mol. The van der Waals surface area contributed by atoms with Crippen molar-refractivity contribution in [3.8, 4) is 0 Å². The summed E-state index contributed by atoms with van der Waals surface area (Å²) in [6, 6.07) is 0. The molecule has 12 nitrogen and oxygen atoms in total. The van der Waals surface area contributed by atoms with Crippen LogP contribution >= 0.6 is 0 Å². The van der Waals surface area contributed by atoms with Gasteiger partial charge in [0.25, 0.3) is 0 Å². The molecule has 0 heterocycles. The third kappa shape index (κ3) is 1090. The van der Waals surface area contributed by atoms with Gasteiger partial charge in [-0.3, -0.25) is 0 Å². The zero-order valence-corrected chi connectivity index (χ0v) is 19.6. The van der Waals surface area contributed by atoms with Crippen molar-refractivity contribution in [2.75, 3.05) is 0 Å². The molecule has 105 valence electrons. The van der Waals surface area contributed by atoms with Crippen molar-refractivity contribution >= 4 is 0 Å². The van der Waals surface area contributed by atoms with Crippen molar-refractivity contribution < 1.29 is 152 Å². The average molecular weight is 589 g/mol. The van der Waals surface area contributed by atoms with E-state index in [0.717, 1.165) is 0 Å². The van der Waals surface area contributed by atoms with Crippen LogP contribution in [0.3, 0.4) is 0 Å². The number of rotatable bonds is 0. The Bertz CT molecular complexity index is 348. The van der Waals surface area contributed by atoms with E-state index in [4.69, 9.17) is 47.8 Å². The summed E-state index contributed by atoms with van der Waals surface area (Å²) in [6.45, 7) is 0. The molecule has 0 aromatic heterocycles. The SMILES string of the molecule is [Cd+2].[Cu+2].[O]=[Cr](=[O])([O-])[O-].[O]=[Cr](=[O])([O-])[O-].[O]=[Cr](=[O])([O-])[O-].[Zn+2]. The van der Waals surface area contributed by atoms with E-state index in [1.165, 1.54) is 0 Å². The molecule has 0 rings (SSSR count). The minimum absolute atomic E-state index is 0. The first-order valence-corrected chi connectivity index (χ1v) is 8.25. The zero-order valence-electron chi connectivity index (χ0n) is 7.84. The predicted octanol–water partition coefficient (Wildman–Crippen LogP) is -7.86. The smallest absolute Gasteiger partial charge is 2.00 e. The van der Waals surface area contributed by atoms with Gasteiger partial charge in [-0.1, -0.05) is 0 Å². The summed E-state index contributed by atoms with van der Waals surface area (Å²) in [5.74, 6) is 0. The van der Waals surface area contributed by atoms with Gasteiger partial charge in [0.1, 0.15) is 0 Å². The molecule has 0 saturated heterocycles. The summed E-state index contributed by atoms with van der Waals surface area (Å²) >= 11 is -17.2. The Labute approximate surface area is 150 Å². The summed E-state index contributed by atoms with van der Waals surface area (Å²) in [6.07, 6.45) is 0. The summed E-state index contributed by atoms with van der Waals surface area (Å²) in [7, 11) is 0. The fourth-order valence-electron chi connectivity index (χ4n) is 0. The summed E-state index contributed by atoms with van der Waals surface area (Å²) in [5.41, 5.74) is 0. The van der Waals surface area contributed by atoms with E-state index < -0.39 is 40.8 Å². The Hall–Kier alpha value is 2.22. The van der Waals surface area contributed by atoms with Gasteiger partial charge in [0.2, 0.25) is 0 Å². The molecule has 0 unspecified atom stereocenters. The molecule has 0 aromatic carbocycles. The molecular weight excluding hydrogens is 589 g/mol. The minimum Gasteiger partial charge on any atom is 2.00 e. The van der Waals surface area contributed by atoms with Gasteiger partial charge in [0, 0.05) is 0 Å². The maximum absolute atomic E-state index is 8.59. The summed E-state index contributed by atoms with van der Waals surface area (Å²) in [4.78, 5) is 0. The quantitative estimate of drug-likeness (QED) is 0.239. The Morgan fingerprint density at radius 1 is 0.500 bits per heavy atom. The largest absolute Gasteiger partial charge is 2.00 e. The van der Waals surface area contributed by atoms with E-state index in [9.17, 15) is 0 Å². The first kappa shape index (κ1) is 36.9. The Balaban J connectivity index is -0.0000000277. The molecule has 0 amide bonds. The van der Waals surface area contributed by atoms with Crippen LogP contribution in [0.4, 0.5) is 0 Å². The van der Waals surface area contributed by atoms with Gasteiger partial charge in [-0.15, -0.1) is 0 Å². The van der Waals surface area contributed by atoms with Gasteiger partial charge in [0.05, 0.1) is 0 Å². The molecule has 0 N–H and O–H groups in total. The van der Waals surface area contributed by atoms with Gasteiger partial charge in [-0.05, 0) is 0 Å². The Kier molecular flexibility index (Phi) is 32.0. The molecular formula is CdCr3CuO12Zn. The molecule has 0 fully saturated rings. The van der Waals surface area contributed by atoms with Crippen LogP contribution in [0.1, 0.15) is 0 Å². The van der Waals surface area contributed by atoms with Crippen molar-refractivity contribution in [2.45, 2.75) is 0 Å². The second kappa shape index (κ2) is 15.6.